The van der Waals surface area contributed by atoms with Gasteiger partial charge in [-0.3, -0.25) is 0 Å². The Hall–Kier alpha value is -1.41. The molecule has 2 aromatic carbocycles. The van der Waals surface area contributed by atoms with Crippen LogP contribution in [0.3, 0.4) is 0 Å². The fraction of sp³-hybridized carbons (Fsp3) is 0.0909. The average molecular weight is 208 g/mol. The molecule has 0 saturated carbocycles. The Morgan fingerprint density at radius 2 is 2.00 bits per heavy atom. The van der Waals surface area contributed by atoms with Gasteiger partial charge in [0, 0.05) is 5.39 Å². The van der Waals surface area contributed by atoms with E-state index >= 15 is 0 Å². The number of rotatable bonds is 1. The van der Waals surface area contributed by atoms with Gasteiger partial charge in [0.15, 0.2) is 0 Å². The molecule has 0 radical (unpaired) electrons. The van der Waals surface area contributed by atoms with Crippen molar-refractivity contribution in [3.63, 3.8) is 0 Å². The van der Waals surface area contributed by atoms with Gasteiger partial charge in [-0.25, -0.2) is 0 Å². The topological polar surface area (TPSA) is 35.2 Å². The number of anilines is 1. The molecule has 0 atom stereocenters. The van der Waals surface area contributed by atoms with Crippen LogP contribution in [0.25, 0.3) is 10.8 Å². The van der Waals surface area contributed by atoms with Crippen LogP contribution in [0.4, 0.5) is 5.69 Å². The summed E-state index contributed by atoms with van der Waals surface area (Å²) in [5, 5.41) is 2.58. The Labute approximate surface area is 87.2 Å². The van der Waals surface area contributed by atoms with Crippen molar-refractivity contribution in [3.8, 4) is 5.75 Å². The number of hydrogen-bond acceptors (Lipinski definition) is 2. The van der Waals surface area contributed by atoms with Crippen molar-refractivity contribution in [1.82, 2.24) is 0 Å². The van der Waals surface area contributed by atoms with Crippen LogP contribution in [0.1, 0.15) is 0 Å². The zero-order valence-corrected chi connectivity index (χ0v) is 8.51. The molecule has 72 valence electrons. The van der Waals surface area contributed by atoms with E-state index in [0.717, 1.165) is 16.5 Å². The van der Waals surface area contributed by atoms with Crippen molar-refractivity contribution in [2.75, 3.05) is 12.8 Å². The number of nitrogens with two attached hydrogens (primary N) is 1. The first-order chi connectivity index (χ1) is 6.72. The fourth-order valence-electron chi connectivity index (χ4n) is 1.41. The van der Waals surface area contributed by atoms with Gasteiger partial charge in [-0.15, -0.1) is 0 Å². The van der Waals surface area contributed by atoms with Crippen molar-refractivity contribution < 1.29 is 4.74 Å². The van der Waals surface area contributed by atoms with Crippen molar-refractivity contribution in [3.05, 3.63) is 35.4 Å². The molecule has 0 saturated heterocycles. The number of benzene rings is 2. The minimum absolute atomic E-state index is 0.601. The molecule has 2 aromatic rings. The molecular weight excluding hydrogens is 198 g/mol. The molecule has 2 N–H and O–H groups in total. The Kier molecular flexibility index (Phi) is 2.22. The summed E-state index contributed by atoms with van der Waals surface area (Å²) in [6, 6.07) is 9.43. The van der Waals surface area contributed by atoms with Gasteiger partial charge in [-0.2, -0.15) is 0 Å². The van der Waals surface area contributed by atoms with Crippen molar-refractivity contribution in [1.29, 1.82) is 0 Å². The van der Waals surface area contributed by atoms with Crippen LogP contribution in [-0.2, 0) is 0 Å². The highest BCUT2D eigenvalue weighted by Gasteiger charge is 2.03. The molecule has 0 amide bonds. The lowest BCUT2D eigenvalue weighted by Gasteiger charge is -2.05. The van der Waals surface area contributed by atoms with E-state index in [2.05, 4.69) is 0 Å². The Morgan fingerprint density at radius 1 is 1.21 bits per heavy atom. The number of hydrogen-bond donors (Lipinski definition) is 1. The fourth-order valence-corrected chi connectivity index (χ4v) is 1.65. The summed E-state index contributed by atoms with van der Waals surface area (Å²) >= 11 is 6.06. The molecule has 2 nitrogen and oxygen atoms in total. The number of methoxy groups -OCH3 is 1. The second-order valence-corrected chi connectivity index (χ2v) is 3.43. The first kappa shape index (κ1) is 9.16. The van der Waals surface area contributed by atoms with Crippen molar-refractivity contribution in [2.45, 2.75) is 0 Å². The van der Waals surface area contributed by atoms with Gasteiger partial charge in [0.05, 0.1) is 17.8 Å². The van der Waals surface area contributed by atoms with E-state index in [1.165, 1.54) is 0 Å². The molecule has 3 heteroatoms. The number of halogens is 1. The zero-order chi connectivity index (χ0) is 10.1. The maximum atomic E-state index is 6.06. The maximum Gasteiger partial charge on any atom is 0.119 e. The van der Waals surface area contributed by atoms with Crippen LogP contribution >= 0.6 is 11.6 Å². The standard InChI is InChI=1S/C11H10ClNO/c1-14-8-3-4-9-7(6-8)2-5-10(13)11(9)12/h2-6H,13H2,1H3. The lowest BCUT2D eigenvalue weighted by molar-refractivity contribution is 0.415. The van der Waals surface area contributed by atoms with E-state index in [4.69, 9.17) is 22.1 Å². The first-order valence-electron chi connectivity index (χ1n) is 4.24. The van der Waals surface area contributed by atoms with Crippen LogP contribution in [0.2, 0.25) is 5.02 Å². The van der Waals surface area contributed by atoms with Gasteiger partial charge in [0.2, 0.25) is 0 Å². The van der Waals surface area contributed by atoms with Crippen molar-refractivity contribution in [2.24, 2.45) is 0 Å². The summed E-state index contributed by atoms with van der Waals surface area (Å²) in [6.07, 6.45) is 0. The van der Waals surface area contributed by atoms with Crippen LogP contribution < -0.4 is 10.5 Å². The lowest BCUT2D eigenvalue weighted by Crippen LogP contribution is -1.87. The highest BCUT2D eigenvalue weighted by Crippen LogP contribution is 2.31. The summed E-state index contributed by atoms with van der Waals surface area (Å²) in [4.78, 5) is 0. The van der Waals surface area contributed by atoms with Crippen LogP contribution in [-0.4, -0.2) is 7.11 Å². The molecule has 0 aliphatic heterocycles. The van der Waals surface area contributed by atoms with E-state index in [-0.39, 0.29) is 0 Å². The summed E-state index contributed by atoms with van der Waals surface area (Å²) in [5.74, 6) is 0.818. The van der Waals surface area contributed by atoms with E-state index in [1.807, 2.05) is 24.3 Å². The van der Waals surface area contributed by atoms with Gasteiger partial charge in [0.1, 0.15) is 5.75 Å². The third kappa shape index (κ3) is 1.38. The minimum Gasteiger partial charge on any atom is -0.497 e. The maximum absolute atomic E-state index is 6.06. The quantitative estimate of drug-likeness (QED) is 0.730. The predicted octanol–water partition coefficient (Wildman–Crippen LogP) is 3.08. The van der Waals surface area contributed by atoms with Gasteiger partial charge < -0.3 is 10.5 Å². The SMILES string of the molecule is COc1ccc2c(Cl)c(N)ccc2c1. The average Bonchev–Trinajstić information content (AvgIpc) is 2.23. The monoisotopic (exact) mass is 207 g/mol. The highest BCUT2D eigenvalue weighted by molar-refractivity contribution is 6.38. The molecule has 0 aliphatic rings. The molecule has 0 bridgehead atoms. The zero-order valence-electron chi connectivity index (χ0n) is 7.75. The Bertz CT molecular complexity index is 482. The van der Waals surface area contributed by atoms with E-state index in [1.54, 1.807) is 13.2 Å². The Balaban J connectivity index is 2.74. The van der Waals surface area contributed by atoms with E-state index < -0.39 is 0 Å². The van der Waals surface area contributed by atoms with Crippen molar-refractivity contribution >= 4 is 28.1 Å². The first-order valence-corrected chi connectivity index (χ1v) is 4.62. The second kappa shape index (κ2) is 3.39. The minimum atomic E-state index is 0.601. The van der Waals surface area contributed by atoms with E-state index in [9.17, 15) is 0 Å². The summed E-state index contributed by atoms with van der Waals surface area (Å²) in [7, 11) is 1.64. The molecular formula is C11H10ClNO. The smallest absolute Gasteiger partial charge is 0.119 e. The van der Waals surface area contributed by atoms with Crippen LogP contribution in [0.5, 0.6) is 5.75 Å². The van der Waals surface area contributed by atoms with Crippen LogP contribution in [0, 0.1) is 0 Å². The molecule has 0 spiro atoms. The molecule has 0 aromatic heterocycles. The largest absolute Gasteiger partial charge is 0.497 e. The molecule has 0 unspecified atom stereocenters. The number of fused-ring (bicyclic) bond motifs is 1. The number of ether oxygens (including phenoxy) is 1. The molecule has 14 heavy (non-hydrogen) atoms. The second-order valence-electron chi connectivity index (χ2n) is 3.06. The molecule has 0 heterocycles. The van der Waals surface area contributed by atoms with E-state index in [0.29, 0.717) is 10.7 Å². The van der Waals surface area contributed by atoms with Gasteiger partial charge >= 0.3 is 0 Å². The number of nitrogen functional groups attached to an aromatic ring is 1. The molecule has 2 rings (SSSR count). The third-order valence-electron chi connectivity index (χ3n) is 2.19. The highest BCUT2D eigenvalue weighted by atomic mass is 35.5. The summed E-state index contributed by atoms with van der Waals surface area (Å²) in [5.41, 5.74) is 6.29. The van der Waals surface area contributed by atoms with Crippen LogP contribution in [0.15, 0.2) is 30.3 Å². The van der Waals surface area contributed by atoms with Gasteiger partial charge in [-0.05, 0) is 29.7 Å². The molecule has 0 fully saturated rings. The normalized spacial score (nSPS) is 10.4. The van der Waals surface area contributed by atoms with Gasteiger partial charge in [-0.1, -0.05) is 17.7 Å². The summed E-state index contributed by atoms with van der Waals surface area (Å²) < 4.78 is 5.12. The third-order valence-corrected chi connectivity index (χ3v) is 2.61. The molecule has 0 aliphatic carbocycles. The van der Waals surface area contributed by atoms with Gasteiger partial charge in [0.25, 0.3) is 0 Å². The lowest BCUT2D eigenvalue weighted by atomic mass is 10.1. The Morgan fingerprint density at radius 3 is 2.71 bits per heavy atom. The predicted molar refractivity (Wildman–Crippen MR) is 59.9 cm³/mol. The summed E-state index contributed by atoms with van der Waals surface area (Å²) in [6.45, 7) is 0.